The SMILES string of the molecule is CC1(C)C2=C([O])CCC1C2. The maximum atomic E-state index is 11.2. The van der Waals surface area contributed by atoms with Crippen molar-refractivity contribution in [2.45, 2.75) is 33.1 Å². The Balaban J connectivity index is 2.39. The van der Waals surface area contributed by atoms with Crippen LogP contribution in [-0.4, -0.2) is 0 Å². The molecule has 3 aliphatic carbocycles. The first-order valence-electron chi connectivity index (χ1n) is 4.02. The second-order valence-corrected chi connectivity index (χ2v) is 4.06. The molecule has 0 aromatic heterocycles. The van der Waals surface area contributed by atoms with Gasteiger partial charge in [-0.1, -0.05) is 13.8 Å². The minimum absolute atomic E-state index is 0.273. The molecule has 0 aromatic carbocycles. The zero-order valence-corrected chi connectivity index (χ0v) is 6.61. The van der Waals surface area contributed by atoms with Gasteiger partial charge >= 0.3 is 0 Å². The van der Waals surface area contributed by atoms with Crippen molar-refractivity contribution in [2.75, 3.05) is 0 Å². The minimum atomic E-state index is 0.273. The normalized spacial score (nSPS) is 35.6. The standard InChI is InChI=1S/C9H13O/c1-9(2)6-3-4-8(10)7(9)5-6/h6H,3-5H2,1-2H3. The number of hydrogen-bond acceptors (Lipinski definition) is 0. The Morgan fingerprint density at radius 1 is 1.50 bits per heavy atom. The van der Waals surface area contributed by atoms with Gasteiger partial charge in [-0.25, -0.2) is 0 Å². The predicted molar refractivity (Wildman–Crippen MR) is 38.8 cm³/mol. The molecule has 0 aliphatic heterocycles. The molecule has 1 atom stereocenters. The lowest BCUT2D eigenvalue weighted by Gasteiger charge is -2.50. The van der Waals surface area contributed by atoms with Gasteiger partial charge in [-0.3, -0.25) is 5.11 Å². The lowest BCUT2D eigenvalue weighted by molar-refractivity contribution is 0.0920. The zero-order chi connectivity index (χ0) is 7.35. The van der Waals surface area contributed by atoms with Gasteiger partial charge in [0.15, 0.2) is 5.76 Å². The van der Waals surface area contributed by atoms with Gasteiger partial charge < -0.3 is 0 Å². The largest absolute Gasteiger partial charge is 0.295 e. The molecule has 3 rings (SSSR count). The van der Waals surface area contributed by atoms with Crippen LogP contribution in [0.1, 0.15) is 33.1 Å². The minimum Gasteiger partial charge on any atom is -0.295 e. The highest BCUT2D eigenvalue weighted by atomic mass is 16.3. The van der Waals surface area contributed by atoms with Crippen LogP contribution in [0.2, 0.25) is 0 Å². The summed E-state index contributed by atoms with van der Waals surface area (Å²) < 4.78 is 0. The van der Waals surface area contributed by atoms with Crippen LogP contribution in [0, 0.1) is 11.3 Å². The summed E-state index contributed by atoms with van der Waals surface area (Å²) in [5.41, 5.74) is 1.48. The van der Waals surface area contributed by atoms with Crippen LogP contribution in [0.15, 0.2) is 11.3 Å². The number of allylic oxidation sites excluding steroid dienone is 2. The van der Waals surface area contributed by atoms with E-state index in [2.05, 4.69) is 13.8 Å². The van der Waals surface area contributed by atoms with Crippen LogP contribution in [0.5, 0.6) is 0 Å². The second kappa shape index (κ2) is 1.58. The third-order valence-electron chi connectivity index (χ3n) is 3.31. The molecule has 1 saturated carbocycles. The maximum Gasteiger partial charge on any atom is 0.155 e. The third kappa shape index (κ3) is 0.536. The van der Waals surface area contributed by atoms with Crippen LogP contribution in [-0.2, 0) is 5.11 Å². The molecule has 0 aromatic rings. The topological polar surface area (TPSA) is 19.9 Å². The number of rotatable bonds is 0. The molecular formula is C9H13O. The Hall–Kier alpha value is -0.460. The van der Waals surface area contributed by atoms with E-state index in [0.29, 0.717) is 5.76 Å². The molecular weight excluding hydrogens is 124 g/mol. The van der Waals surface area contributed by atoms with E-state index in [1.165, 1.54) is 5.57 Å². The summed E-state index contributed by atoms with van der Waals surface area (Å²) in [6.07, 6.45) is 3.06. The third-order valence-corrected chi connectivity index (χ3v) is 3.31. The van der Waals surface area contributed by atoms with Crippen molar-refractivity contribution in [1.82, 2.24) is 0 Å². The summed E-state index contributed by atoms with van der Waals surface area (Å²) >= 11 is 0. The molecule has 0 saturated heterocycles. The molecule has 55 valence electrons. The van der Waals surface area contributed by atoms with Crippen molar-refractivity contribution in [3.05, 3.63) is 11.3 Å². The first-order chi connectivity index (χ1) is 4.62. The zero-order valence-electron chi connectivity index (χ0n) is 6.61. The van der Waals surface area contributed by atoms with Crippen molar-refractivity contribution in [2.24, 2.45) is 11.3 Å². The van der Waals surface area contributed by atoms with Gasteiger partial charge in [-0.2, -0.15) is 0 Å². The van der Waals surface area contributed by atoms with Gasteiger partial charge in [0, 0.05) is 6.42 Å². The number of fused-ring (bicyclic) bond motifs is 2. The maximum absolute atomic E-state index is 11.2. The molecule has 1 nitrogen and oxygen atoms in total. The molecule has 1 unspecified atom stereocenters. The van der Waals surface area contributed by atoms with E-state index >= 15 is 0 Å². The van der Waals surface area contributed by atoms with Crippen molar-refractivity contribution in [1.29, 1.82) is 0 Å². The van der Waals surface area contributed by atoms with Crippen LogP contribution >= 0.6 is 0 Å². The molecule has 10 heavy (non-hydrogen) atoms. The van der Waals surface area contributed by atoms with E-state index in [1.54, 1.807) is 0 Å². The van der Waals surface area contributed by atoms with E-state index in [-0.39, 0.29) is 5.41 Å². The van der Waals surface area contributed by atoms with Gasteiger partial charge in [0.25, 0.3) is 0 Å². The van der Waals surface area contributed by atoms with Crippen LogP contribution in [0.25, 0.3) is 0 Å². The van der Waals surface area contributed by atoms with Crippen molar-refractivity contribution in [3.63, 3.8) is 0 Å². The fraction of sp³-hybridized carbons (Fsp3) is 0.778. The molecule has 3 aliphatic rings. The Kier molecular flexibility index (Phi) is 0.988. The highest BCUT2D eigenvalue weighted by Crippen LogP contribution is 2.57. The highest BCUT2D eigenvalue weighted by molar-refractivity contribution is 5.30. The summed E-state index contributed by atoms with van der Waals surface area (Å²) in [6, 6.07) is 0. The van der Waals surface area contributed by atoms with Crippen LogP contribution in [0.4, 0.5) is 0 Å². The van der Waals surface area contributed by atoms with Gasteiger partial charge in [0.1, 0.15) is 0 Å². The predicted octanol–water partition coefficient (Wildman–Crippen LogP) is 2.51. The van der Waals surface area contributed by atoms with E-state index < -0.39 is 0 Å². The van der Waals surface area contributed by atoms with E-state index in [0.717, 1.165) is 25.2 Å². The second-order valence-electron chi connectivity index (χ2n) is 4.06. The first kappa shape index (κ1) is 6.26. The fourth-order valence-corrected chi connectivity index (χ4v) is 2.27. The molecule has 1 radical (unpaired) electrons. The summed E-state index contributed by atoms with van der Waals surface area (Å²) in [6.45, 7) is 4.40. The van der Waals surface area contributed by atoms with Crippen molar-refractivity contribution in [3.8, 4) is 0 Å². The average Bonchev–Trinajstić information content (AvgIpc) is 1.87. The molecule has 0 spiro atoms. The fourth-order valence-electron chi connectivity index (χ4n) is 2.27. The van der Waals surface area contributed by atoms with E-state index in [1.807, 2.05) is 0 Å². The summed E-state index contributed by atoms with van der Waals surface area (Å²) in [5.74, 6) is 1.26. The number of hydrogen-bond donors (Lipinski definition) is 0. The van der Waals surface area contributed by atoms with Crippen molar-refractivity contribution >= 4 is 0 Å². The summed E-state index contributed by atoms with van der Waals surface area (Å²) in [4.78, 5) is 0. The Morgan fingerprint density at radius 3 is 2.50 bits per heavy atom. The Labute approximate surface area is 61.8 Å². The molecule has 0 N–H and O–H groups in total. The Bertz CT molecular complexity index is 201. The van der Waals surface area contributed by atoms with E-state index in [4.69, 9.17) is 0 Å². The summed E-state index contributed by atoms with van der Waals surface area (Å²) in [5, 5.41) is 11.2. The van der Waals surface area contributed by atoms with Gasteiger partial charge in [-0.05, 0) is 29.7 Å². The quantitative estimate of drug-likeness (QED) is 0.489. The van der Waals surface area contributed by atoms with Crippen molar-refractivity contribution < 1.29 is 5.11 Å². The molecule has 0 heterocycles. The van der Waals surface area contributed by atoms with Gasteiger partial charge in [0.2, 0.25) is 0 Å². The highest BCUT2D eigenvalue weighted by Gasteiger charge is 2.48. The van der Waals surface area contributed by atoms with Gasteiger partial charge in [0.05, 0.1) is 0 Å². The molecule has 1 fully saturated rings. The lowest BCUT2D eigenvalue weighted by atomic mass is 9.54. The Morgan fingerprint density at radius 2 is 2.20 bits per heavy atom. The monoisotopic (exact) mass is 137 g/mol. The van der Waals surface area contributed by atoms with E-state index in [9.17, 15) is 5.11 Å². The molecule has 2 bridgehead atoms. The average molecular weight is 137 g/mol. The summed E-state index contributed by atoms with van der Waals surface area (Å²) in [7, 11) is 0. The molecule has 1 heteroatoms. The van der Waals surface area contributed by atoms with Crippen LogP contribution < -0.4 is 0 Å². The van der Waals surface area contributed by atoms with Crippen LogP contribution in [0.3, 0.4) is 0 Å². The smallest absolute Gasteiger partial charge is 0.155 e. The lowest BCUT2D eigenvalue weighted by Crippen LogP contribution is -2.41. The first-order valence-corrected chi connectivity index (χ1v) is 4.02. The van der Waals surface area contributed by atoms with Gasteiger partial charge in [-0.15, -0.1) is 0 Å². The molecule has 0 amide bonds.